The number of methoxy groups -OCH3 is 3. The van der Waals surface area contributed by atoms with Crippen LogP contribution in [0.3, 0.4) is 0 Å². The Bertz CT molecular complexity index is 1920. The normalized spacial score (nSPS) is 14.9. The van der Waals surface area contributed by atoms with Crippen LogP contribution in [0, 0.1) is 0 Å². The number of fused-ring (bicyclic) bond motifs is 1. The van der Waals surface area contributed by atoms with Crippen molar-refractivity contribution in [2.45, 2.75) is 13.0 Å². The Hall–Kier alpha value is -4.12. The van der Waals surface area contributed by atoms with Crippen LogP contribution in [0.25, 0.3) is 17.4 Å². The second-order valence-electron chi connectivity index (χ2n) is 8.85. The van der Waals surface area contributed by atoms with Gasteiger partial charge in [0.05, 0.1) is 47.7 Å². The molecule has 3 heterocycles. The number of ether oxygens (including phenoxy) is 3. The third kappa shape index (κ3) is 5.21. The number of benzene rings is 2. The predicted molar refractivity (Wildman–Crippen MR) is 154 cm³/mol. The highest BCUT2D eigenvalue weighted by atomic mass is 35.5. The molecule has 0 amide bonds. The summed E-state index contributed by atoms with van der Waals surface area (Å²) in [6.45, 7) is 1.68. The maximum Gasteiger partial charge on any atom is 0.339 e. The van der Waals surface area contributed by atoms with Gasteiger partial charge in [0.25, 0.3) is 5.56 Å². The fraction of sp³-hybridized carbons (Fsp3) is 0.172. The molecule has 0 radical (unpaired) electrons. The third-order valence-corrected chi connectivity index (χ3v) is 8.02. The largest absolute Gasteiger partial charge is 0.496 e. The van der Waals surface area contributed by atoms with Crippen molar-refractivity contribution in [3.8, 4) is 17.1 Å². The molecule has 0 N–H and O–H groups in total. The predicted octanol–water partition coefficient (Wildman–Crippen LogP) is 4.77. The first-order chi connectivity index (χ1) is 19.7. The van der Waals surface area contributed by atoms with Crippen LogP contribution in [0.15, 0.2) is 74.0 Å². The number of hydrogen-bond donors (Lipinski definition) is 0. The lowest BCUT2D eigenvalue weighted by Crippen LogP contribution is -2.40. The van der Waals surface area contributed by atoms with Gasteiger partial charge in [-0.05, 0) is 55.5 Å². The fourth-order valence-corrected chi connectivity index (χ4v) is 5.97. The molecule has 9 nitrogen and oxygen atoms in total. The zero-order valence-corrected chi connectivity index (χ0v) is 24.5. The standard InChI is InChI=1S/C29H22Cl2N2O7S/c1-14-24(28(36)39-4)25(19-12-16(30)6-9-22(19)37-2)33-26(34)23(41-29(33)32-14)13-17-7-10-21(40-17)15-5-8-20(31)18(11-15)27(35)38-3/h5-13,25H,1-4H3/b23-13-/t25-/m1/s1. The van der Waals surface area contributed by atoms with E-state index in [-0.39, 0.29) is 16.2 Å². The molecule has 41 heavy (non-hydrogen) atoms. The Kier molecular flexibility index (Phi) is 7.90. The minimum Gasteiger partial charge on any atom is -0.496 e. The van der Waals surface area contributed by atoms with Gasteiger partial charge in [0, 0.05) is 22.2 Å². The quantitative estimate of drug-likeness (QED) is 0.288. The summed E-state index contributed by atoms with van der Waals surface area (Å²) < 4.78 is 23.1. The van der Waals surface area contributed by atoms with E-state index in [2.05, 4.69) is 4.99 Å². The second-order valence-corrected chi connectivity index (χ2v) is 10.7. The van der Waals surface area contributed by atoms with Crippen molar-refractivity contribution in [2.24, 2.45) is 4.99 Å². The number of carbonyl (C=O) groups is 2. The average molecular weight is 613 g/mol. The number of hydrogen-bond acceptors (Lipinski definition) is 9. The number of allylic oxidation sites excluding steroid dienone is 1. The molecule has 1 atom stereocenters. The molecule has 2 aromatic carbocycles. The van der Waals surface area contributed by atoms with Crippen LogP contribution in [-0.4, -0.2) is 37.8 Å². The van der Waals surface area contributed by atoms with Crippen molar-refractivity contribution in [2.75, 3.05) is 21.3 Å². The zero-order valence-electron chi connectivity index (χ0n) is 22.2. The average Bonchev–Trinajstić information content (AvgIpc) is 3.55. The van der Waals surface area contributed by atoms with Gasteiger partial charge in [-0.3, -0.25) is 9.36 Å². The number of nitrogens with zero attached hydrogens (tertiary/aromatic N) is 2. The lowest BCUT2D eigenvalue weighted by molar-refractivity contribution is -0.136. The molecule has 0 aliphatic carbocycles. The summed E-state index contributed by atoms with van der Waals surface area (Å²) in [5.41, 5.74) is 1.50. The molecule has 0 unspecified atom stereocenters. The first-order valence-corrected chi connectivity index (χ1v) is 13.7. The minimum absolute atomic E-state index is 0.191. The van der Waals surface area contributed by atoms with Gasteiger partial charge in [-0.15, -0.1) is 0 Å². The number of furan rings is 1. The van der Waals surface area contributed by atoms with Crippen LogP contribution in [-0.2, 0) is 14.3 Å². The van der Waals surface area contributed by atoms with Crippen LogP contribution in [0.4, 0.5) is 0 Å². The van der Waals surface area contributed by atoms with Gasteiger partial charge in [-0.2, -0.15) is 0 Å². The summed E-state index contributed by atoms with van der Waals surface area (Å²) in [6, 6.07) is 12.4. The molecule has 0 fully saturated rings. The van der Waals surface area contributed by atoms with Crippen molar-refractivity contribution in [1.82, 2.24) is 4.57 Å². The van der Waals surface area contributed by atoms with Crippen molar-refractivity contribution in [1.29, 1.82) is 0 Å². The summed E-state index contributed by atoms with van der Waals surface area (Å²) in [7, 11) is 4.03. The maximum absolute atomic E-state index is 13.8. The number of esters is 2. The Balaban J connectivity index is 1.64. The molecule has 12 heteroatoms. The molecule has 0 bridgehead atoms. The molecular formula is C29H22Cl2N2O7S. The van der Waals surface area contributed by atoms with Gasteiger partial charge >= 0.3 is 11.9 Å². The van der Waals surface area contributed by atoms with Crippen molar-refractivity contribution >= 4 is 52.6 Å². The van der Waals surface area contributed by atoms with Gasteiger partial charge in [-0.1, -0.05) is 34.5 Å². The lowest BCUT2D eigenvalue weighted by atomic mass is 9.95. The highest BCUT2D eigenvalue weighted by molar-refractivity contribution is 7.07. The summed E-state index contributed by atoms with van der Waals surface area (Å²) in [4.78, 5) is 43.8. The highest BCUT2D eigenvalue weighted by Gasteiger charge is 2.35. The second kappa shape index (κ2) is 11.4. The van der Waals surface area contributed by atoms with Gasteiger partial charge in [0.1, 0.15) is 23.3 Å². The number of aromatic nitrogens is 1. The van der Waals surface area contributed by atoms with E-state index in [0.717, 1.165) is 11.3 Å². The van der Waals surface area contributed by atoms with E-state index in [1.807, 2.05) is 0 Å². The van der Waals surface area contributed by atoms with Crippen molar-refractivity contribution in [3.05, 3.63) is 106 Å². The first-order valence-electron chi connectivity index (χ1n) is 12.1. The van der Waals surface area contributed by atoms with E-state index in [4.69, 9.17) is 41.8 Å². The topological polar surface area (TPSA) is 109 Å². The summed E-state index contributed by atoms with van der Waals surface area (Å²) in [6.07, 6.45) is 1.59. The zero-order chi connectivity index (χ0) is 29.4. The maximum atomic E-state index is 13.8. The van der Waals surface area contributed by atoms with Crippen LogP contribution in [0.5, 0.6) is 5.75 Å². The van der Waals surface area contributed by atoms with Crippen LogP contribution in [0.1, 0.15) is 34.6 Å². The molecule has 1 aliphatic rings. The van der Waals surface area contributed by atoms with Gasteiger partial charge in [0.15, 0.2) is 4.80 Å². The minimum atomic E-state index is -0.896. The SMILES string of the molecule is COC(=O)C1=C(C)N=c2s/c(=C\c3ccc(-c4ccc(Cl)c(C(=O)OC)c4)o3)c(=O)n2[C@@H]1c1cc(Cl)ccc1OC. The molecule has 2 aromatic heterocycles. The number of halogens is 2. The van der Waals surface area contributed by atoms with E-state index in [9.17, 15) is 14.4 Å². The monoisotopic (exact) mass is 612 g/mol. The summed E-state index contributed by atoms with van der Waals surface area (Å²) >= 11 is 13.6. The third-order valence-electron chi connectivity index (χ3n) is 6.47. The Morgan fingerprint density at radius 2 is 1.78 bits per heavy atom. The van der Waals surface area contributed by atoms with Crippen molar-refractivity contribution in [3.63, 3.8) is 0 Å². The molecule has 0 spiro atoms. The summed E-state index contributed by atoms with van der Waals surface area (Å²) in [5, 5.41) is 0.656. The Morgan fingerprint density at radius 1 is 1.02 bits per heavy atom. The molecule has 0 saturated carbocycles. The van der Waals surface area contributed by atoms with Crippen LogP contribution >= 0.6 is 34.5 Å². The van der Waals surface area contributed by atoms with Gasteiger partial charge < -0.3 is 18.6 Å². The number of rotatable bonds is 6. The highest BCUT2D eigenvalue weighted by Crippen LogP contribution is 2.37. The van der Waals surface area contributed by atoms with Gasteiger partial charge in [0.2, 0.25) is 0 Å². The Morgan fingerprint density at radius 3 is 2.49 bits per heavy atom. The molecule has 210 valence electrons. The molecule has 0 saturated heterocycles. The van der Waals surface area contributed by atoms with Crippen molar-refractivity contribution < 1.29 is 28.2 Å². The fourth-order valence-electron chi connectivity index (χ4n) is 4.57. The smallest absolute Gasteiger partial charge is 0.339 e. The number of carbonyl (C=O) groups excluding carboxylic acids is 2. The van der Waals surface area contributed by atoms with E-state index in [1.54, 1.807) is 61.5 Å². The van der Waals surface area contributed by atoms with E-state index >= 15 is 0 Å². The number of thiazole rings is 1. The van der Waals surface area contributed by atoms with Gasteiger partial charge in [-0.25, -0.2) is 14.6 Å². The van der Waals surface area contributed by atoms with E-state index in [1.165, 1.54) is 25.9 Å². The molecule has 4 aromatic rings. The molecule has 1 aliphatic heterocycles. The summed E-state index contributed by atoms with van der Waals surface area (Å²) in [5.74, 6) is 0.0849. The molecule has 5 rings (SSSR count). The lowest BCUT2D eigenvalue weighted by Gasteiger charge is -2.25. The molecular weight excluding hydrogens is 591 g/mol. The van der Waals surface area contributed by atoms with E-state index in [0.29, 0.717) is 48.5 Å². The van der Waals surface area contributed by atoms with Crippen LogP contribution in [0.2, 0.25) is 10.0 Å². The first kappa shape index (κ1) is 28.4. The Labute approximate surface area is 247 Å². The van der Waals surface area contributed by atoms with E-state index < -0.39 is 23.5 Å². The van der Waals surface area contributed by atoms with Crippen LogP contribution < -0.4 is 19.6 Å².